The van der Waals surface area contributed by atoms with Gasteiger partial charge in [0.2, 0.25) is 0 Å². The molecule has 8 aromatic rings. The number of aromatic nitrogens is 3. The maximum atomic E-state index is 8.49. The van der Waals surface area contributed by atoms with E-state index < -0.39 is 26.0 Å². The van der Waals surface area contributed by atoms with E-state index in [2.05, 4.69) is 124 Å². The van der Waals surface area contributed by atoms with Gasteiger partial charge in [0.1, 0.15) is 0 Å². The smallest absolute Gasteiger partial charge is 0.0770 e. The zero-order valence-electron chi connectivity index (χ0n) is 32.8. The SMILES string of the molecule is [2H]C([2H])([2H])c1c[c-]c(-c2cc(C([2H])(C)C)[c]([Ge]([CH3])([CH3])[CH3])cn2)cc1.[Ir].[c-]1ccc2c(sc3ccccc32)c1-c1nc2ccccc2n1Cc1ccccc1. The van der Waals surface area contributed by atoms with Crippen LogP contribution in [-0.2, 0) is 26.7 Å². The Morgan fingerprint density at radius 1 is 0.880 bits per heavy atom. The van der Waals surface area contributed by atoms with E-state index in [0.717, 1.165) is 45.8 Å². The first-order valence-electron chi connectivity index (χ1n) is 18.5. The summed E-state index contributed by atoms with van der Waals surface area (Å²) in [6.07, 6.45) is 1.91. The summed E-state index contributed by atoms with van der Waals surface area (Å²) >= 11 is -0.317. The van der Waals surface area contributed by atoms with Crippen LogP contribution in [0.2, 0.25) is 17.3 Å². The summed E-state index contributed by atoms with van der Waals surface area (Å²) in [5.41, 5.74) is 7.28. The predicted octanol–water partition coefficient (Wildman–Crippen LogP) is 11.4. The molecule has 0 aliphatic rings. The molecule has 3 heterocycles. The zero-order valence-corrected chi connectivity index (χ0v) is 34.1. The Balaban J connectivity index is 0.000000185. The monoisotopic (exact) mass is 914 g/mol. The van der Waals surface area contributed by atoms with E-state index in [1.54, 1.807) is 12.1 Å². The van der Waals surface area contributed by atoms with Crippen LogP contribution in [0.25, 0.3) is 53.9 Å². The third kappa shape index (κ3) is 7.43. The van der Waals surface area contributed by atoms with Crippen LogP contribution in [0.1, 0.15) is 41.9 Å². The number of nitrogens with zero attached hydrogens (tertiary/aromatic N) is 3. The Hall–Kier alpha value is -3.87. The van der Waals surface area contributed by atoms with Crippen molar-refractivity contribution in [1.29, 1.82) is 0 Å². The summed E-state index contributed by atoms with van der Waals surface area (Å²) in [5.74, 6) is 7.16. The molecule has 0 aliphatic carbocycles. The Morgan fingerprint density at radius 3 is 2.38 bits per heavy atom. The Labute approximate surface area is 321 Å². The minimum absolute atomic E-state index is 0. The normalized spacial score (nSPS) is 13.1. The number of fused-ring (bicyclic) bond motifs is 4. The largest absolute Gasteiger partial charge is 0.360 e. The van der Waals surface area contributed by atoms with Gasteiger partial charge in [0.25, 0.3) is 0 Å². The van der Waals surface area contributed by atoms with E-state index in [0.29, 0.717) is 0 Å². The average Bonchev–Trinajstić information content (AvgIpc) is 3.69. The van der Waals surface area contributed by atoms with Crippen LogP contribution in [0.5, 0.6) is 0 Å². The number of pyridine rings is 1. The van der Waals surface area contributed by atoms with E-state index in [1.165, 1.54) is 36.2 Å². The molecular weight excluding hydrogens is 867 g/mol. The molecule has 0 spiro atoms. The molecule has 0 unspecified atom stereocenters. The number of hydrogen-bond donors (Lipinski definition) is 0. The topological polar surface area (TPSA) is 30.7 Å². The Kier molecular flexibility index (Phi) is 9.38. The van der Waals surface area contributed by atoms with Gasteiger partial charge >= 0.3 is 131 Å². The number of aryl methyl sites for hydroxylation is 1. The van der Waals surface area contributed by atoms with Gasteiger partial charge in [-0.15, -0.1) is 18.2 Å². The third-order valence-electron chi connectivity index (χ3n) is 8.74. The Morgan fingerprint density at radius 2 is 1.64 bits per heavy atom. The second kappa shape index (κ2) is 15.2. The minimum Gasteiger partial charge on any atom is -0.360 e. The van der Waals surface area contributed by atoms with Crippen molar-refractivity contribution in [1.82, 2.24) is 14.5 Å². The fourth-order valence-electron chi connectivity index (χ4n) is 6.25. The second-order valence-corrected chi connectivity index (χ2v) is 25.2. The maximum absolute atomic E-state index is 8.49. The van der Waals surface area contributed by atoms with Crippen molar-refractivity contribution < 1.29 is 25.6 Å². The minimum atomic E-state index is -2.14. The molecule has 1 radical (unpaired) electrons. The van der Waals surface area contributed by atoms with Crippen molar-refractivity contribution in [2.75, 3.05) is 0 Å². The molecule has 3 nitrogen and oxygen atoms in total. The molecule has 0 bridgehead atoms. The van der Waals surface area contributed by atoms with E-state index in [-0.39, 0.29) is 25.7 Å². The van der Waals surface area contributed by atoms with Crippen molar-refractivity contribution in [3.05, 3.63) is 150 Å². The van der Waals surface area contributed by atoms with Gasteiger partial charge in [-0.3, -0.25) is 4.98 Å². The first-order valence-corrected chi connectivity index (χ1v) is 24.7. The summed E-state index contributed by atoms with van der Waals surface area (Å²) in [6, 6.07) is 45.1. The van der Waals surface area contributed by atoms with Gasteiger partial charge in [0.15, 0.2) is 0 Å². The molecule has 5 aromatic carbocycles. The molecule has 0 saturated carbocycles. The standard InChI is InChI=1S/C26H17N2S.C18H24GeN.Ir/c1-2-9-18(10-3-1)17-28-23-15-6-5-14-22(23)27-26(28)21-13-8-12-20-19-11-4-7-16-24(19)29-25(20)21;1-13(2)16-11-18(15-9-7-14(3)8-10-15)20-12-17(16)19(4,5)6;/h1-12,14-16H,17H2;7-9,11-13H,1-6H3;/q2*-1;/i;3D3,13D;. The van der Waals surface area contributed by atoms with Gasteiger partial charge in [-0.05, 0) is 33.8 Å². The summed E-state index contributed by atoms with van der Waals surface area (Å²) in [7, 11) is 0. The summed E-state index contributed by atoms with van der Waals surface area (Å²) < 4.78 is 36.9. The molecule has 253 valence electrons. The van der Waals surface area contributed by atoms with Gasteiger partial charge in [0, 0.05) is 31.4 Å². The summed E-state index contributed by atoms with van der Waals surface area (Å²) in [5, 5.41) is 2.58. The summed E-state index contributed by atoms with van der Waals surface area (Å²) in [4.78, 5) is 9.61. The molecule has 8 rings (SSSR count). The molecule has 50 heavy (non-hydrogen) atoms. The maximum Gasteiger partial charge on any atom is 0.0770 e. The molecule has 0 N–H and O–H groups in total. The number of imidazole rings is 1. The van der Waals surface area contributed by atoms with Crippen LogP contribution in [0.4, 0.5) is 0 Å². The first-order chi connectivity index (χ1) is 25.2. The average molecular weight is 913 g/mol. The van der Waals surface area contributed by atoms with Crippen LogP contribution < -0.4 is 4.40 Å². The zero-order chi connectivity index (χ0) is 37.5. The molecular formula is C44H41GeIrN3S-2. The first kappa shape index (κ1) is 30.9. The van der Waals surface area contributed by atoms with Crippen LogP contribution in [0.3, 0.4) is 0 Å². The molecule has 0 fully saturated rings. The van der Waals surface area contributed by atoms with Crippen molar-refractivity contribution in [3.8, 4) is 22.6 Å². The number of thiophene rings is 1. The van der Waals surface area contributed by atoms with Crippen LogP contribution in [-0.4, -0.2) is 27.8 Å². The van der Waals surface area contributed by atoms with Crippen molar-refractivity contribution >= 4 is 60.2 Å². The fourth-order valence-corrected chi connectivity index (χ4v) is 10.8. The fraction of sp³-hybridized carbons (Fsp3) is 0.182. The molecule has 0 amide bonds. The van der Waals surface area contributed by atoms with E-state index >= 15 is 0 Å². The second-order valence-electron chi connectivity index (χ2n) is 13.5. The third-order valence-corrected chi connectivity index (χ3v) is 14.2. The molecule has 6 heteroatoms. The predicted molar refractivity (Wildman–Crippen MR) is 213 cm³/mol. The van der Waals surface area contributed by atoms with Crippen LogP contribution >= 0.6 is 11.3 Å². The van der Waals surface area contributed by atoms with Gasteiger partial charge < -0.3 is 4.57 Å². The molecule has 0 saturated heterocycles. The number of hydrogen-bond acceptors (Lipinski definition) is 3. The molecule has 3 aromatic heterocycles. The van der Waals surface area contributed by atoms with E-state index in [1.807, 2.05) is 43.5 Å². The van der Waals surface area contributed by atoms with Crippen LogP contribution in [0.15, 0.2) is 121 Å². The van der Waals surface area contributed by atoms with Crippen molar-refractivity contribution in [3.63, 3.8) is 0 Å². The van der Waals surface area contributed by atoms with Crippen molar-refractivity contribution in [2.24, 2.45) is 0 Å². The van der Waals surface area contributed by atoms with Gasteiger partial charge in [0.05, 0.1) is 16.9 Å². The van der Waals surface area contributed by atoms with E-state index in [9.17, 15) is 0 Å². The number of para-hydroxylation sites is 2. The Bertz CT molecular complexity index is 2550. The van der Waals surface area contributed by atoms with E-state index in [4.69, 9.17) is 10.5 Å². The quantitative estimate of drug-likeness (QED) is 0.123. The number of benzene rings is 5. The van der Waals surface area contributed by atoms with Gasteiger partial charge in [-0.25, -0.2) is 0 Å². The van der Waals surface area contributed by atoms with Crippen molar-refractivity contribution in [2.45, 2.75) is 50.4 Å². The summed E-state index contributed by atoms with van der Waals surface area (Å²) in [6.45, 7) is 2.45. The van der Waals surface area contributed by atoms with Gasteiger partial charge in [-0.2, -0.15) is 11.3 Å². The molecule has 0 aliphatic heterocycles. The number of rotatable bonds is 6. The van der Waals surface area contributed by atoms with Crippen LogP contribution in [0, 0.1) is 19.0 Å². The molecule has 0 atom stereocenters. The van der Waals surface area contributed by atoms with Gasteiger partial charge in [-0.1, -0.05) is 71.6 Å².